The molecule has 15 nitrogen and oxygen atoms in total. The van der Waals surface area contributed by atoms with Crippen molar-refractivity contribution in [2.75, 3.05) is 7.11 Å². The standard InChI is InChI=1S/C47H58N2O13/c1-8-18-36(50)46(3,4)38-24-17-22-35-34(59-35)21-15-16-25-40-48-32(29-57-40)44(54)62-39(47(5,6)37(19-9-2)60-43(53)27-26-42(51)52)23-14-12-10-11-13-20-31(56-7)28-41-49-33(30-58-41)45(55)61-38/h8-22,25,29-31,34-39,50H,23-24,26-28H2,1-7H3,(H,51,52)/t31-,34-,35+,36-,37-,38-,39-/m0/s1. The molecule has 0 aromatic carbocycles. The number of carboxylic acid groups (broad SMARTS) is 1. The number of cyclic esters (lactones) is 2. The number of fused-ring (bicyclic) bond motifs is 5. The van der Waals surface area contributed by atoms with Crippen molar-refractivity contribution in [3.63, 3.8) is 0 Å². The molecule has 0 spiro atoms. The molecule has 1 fully saturated rings. The predicted molar refractivity (Wildman–Crippen MR) is 228 cm³/mol. The zero-order valence-electron chi connectivity index (χ0n) is 36.2. The average Bonchev–Trinajstić information content (AvgIpc) is 3.53. The maximum absolute atomic E-state index is 13.5. The second-order valence-electron chi connectivity index (χ2n) is 15.8. The maximum Gasteiger partial charge on any atom is 0.360 e. The number of allylic oxidation sites excluding steroid dienone is 8. The Morgan fingerprint density at radius 3 is 2.13 bits per heavy atom. The Balaban J connectivity index is 1.60. The van der Waals surface area contributed by atoms with Gasteiger partial charge < -0.3 is 42.7 Å². The smallest absolute Gasteiger partial charge is 0.360 e. The molecule has 2 aliphatic heterocycles. The van der Waals surface area contributed by atoms with E-state index in [0.29, 0.717) is 6.42 Å². The molecule has 2 N–H and O–H groups in total. The van der Waals surface area contributed by atoms with Gasteiger partial charge in [-0.25, -0.2) is 19.6 Å². The van der Waals surface area contributed by atoms with Crippen LogP contribution >= 0.6 is 0 Å². The van der Waals surface area contributed by atoms with Crippen LogP contribution in [0, 0.1) is 10.8 Å². The number of carbonyl (C=O) groups excluding carboxylic acids is 3. The summed E-state index contributed by atoms with van der Waals surface area (Å²) in [7, 11) is 1.54. The molecule has 1 saturated heterocycles. The van der Waals surface area contributed by atoms with E-state index in [-0.39, 0.29) is 61.1 Å². The van der Waals surface area contributed by atoms with E-state index < -0.39 is 65.2 Å². The van der Waals surface area contributed by atoms with Crippen LogP contribution in [0.15, 0.2) is 113 Å². The van der Waals surface area contributed by atoms with Crippen molar-refractivity contribution in [1.82, 2.24) is 9.97 Å². The molecule has 0 radical (unpaired) electrons. The highest BCUT2D eigenvalue weighted by molar-refractivity contribution is 5.87. The van der Waals surface area contributed by atoms with Gasteiger partial charge in [-0.3, -0.25) is 9.59 Å². The molecule has 0 aliphatic carbocycles. The molecule has 15 heteroatoms. The zero-order valence-corrected chi connectivity index (χ0v) is 36.2. The summed E-state index contributed by atoms with van der Waals surface area (Å²) in [6, 6.07) is 0. The summed E-state index contributed by atoms with van der Waals surface area (Å²) in [4.78, 5) is 59.3. The minimum absolute atomic E-state index is 0.0147. The fourth-order valence-corrected chi connectivity index (χ4v) is 6.26. The number of rotatable bonds is 11. The van der Waals surface area contributed by atoms with Crippen LogP contribution in [-0.4, -0.2) is 93.9 Å². The minimum Gasteiger partial charge on any atom is -0.481 e. The van der Waals surface area contributed by atoms with Crippen molar-refractivity contribution in [3.05, 3.63) is 127 Å². The minimum atomic E-state index is -1.13. The van der Waals surface area contributed by atoms with Crippen LogP contribution in [0.2, 0.25) is 0 Å². The first-order chi connectivity index (χ1) is 29.6. The quantitative estimate of drug-likeness (QED) is 0.0961. The summed E-state index contributed by atoms with van der Waals surface area (Å²) >= 11 is 0. The van der Waals surface area contributed by atoms with Gasteiger partial charge in [-0.05, 0) is 19.9 Å². The summed E-state index contributed by atoms with van der Waals surface area (Å²) in [6.07, 6.45) is 26.2. The Hall–Kier alpha value is -5.90. The van der Waals surface area contributed by atoms with E-state index in [0.717, 1.165) is 0 Å². The van der Waals surface area contributed by atoms with E-state index in [4.69, 9.17) is 37.6 Å². The summed E-state index contributed by atoms with van der Waals surface area (Å²) < 4.78 is 40.2. The molecule has 4 heterocycles. The van der Waals surface area contributed by atoms with Gasteiger partial charge in [0.1, 0.15) is 43.0 Å². The van der Waals surface area contributed by atoms with Crippen LogP contribution in [0.3, 0.4) is 0 Å². The summed E-state index contributed by atoms with van der Waals surface area (Å²) in [6.45, 7) is 10.8. The van der Waals surface area contributed by atoms with Crippen LogP contribution in [-0.2, 0) is 39.7 Å². The van der Waals surface area contributed by atoms with Crippen molar-refractivity contribution in [3.8, 4) is 0 Å². The van der Waals surface area contributed by atoms with Gasteiger partial charge in [0.25, 0.3) is 0 Å². The Morgan fingerprint density at radius 2 is 1.44 bits per heavy atom. The number of methoxy groups -OCH3 is 1. The van der Waals surface area contributed by atoms with Gasteiger partial charge in [0.05, 0.1) is 31.5 Å². The van der Waals surface area contributed by atoms with Gasteiger partial charge in [0.15, 0.2) is 17.3 Å². The topological polar surface area (TPSA) is 210 Å². The van der Waals surface area contributed by atoms with Gasteiger partial charge in [0, 0.05) is 36.9 Å². The Labute approximate surface area is 362 Å². The van der Waals surface area contributed by atoms with Gasteiger partial charge in [-0.1, -0.05) is 113 Å². The lowest BCUT2D eigenvalue weighted by molar-refractivity contribution is -0.158. The lowest BCUT2D eigenvalue weighted by atomic mass is 9.78. The molecule has 0 saturated carbocycles. The number of aromatic nitrogens is 2. The third-order valence-corrected chi connectivity index (χ3v) is 10.4. The van der Waals surface area contributed by atoms with E-state index in [1.807, 2.05) is 32.1 Å². The fraction of sp³-hybridized carbons (Fsp3) is 0.447. The molecule has 2 aromatic rings. The molecule has 0 unspecified atom stereocenters. The number of aliphatic hydroxyl groups excluding tert-OH is 1. The number of carboxylic acids is 1. The van der Waals surface area contributed by atoms with Crippen molar-refractivity contribution in [2.45, 2.75) is 116 Å². The fourth-order valence-electron chi connectivity index (χ4n) is 6.26. The van der Waals surface area contributed by atoms with Crippen molar-refractivity contribution < 1.29 is 61.9 Å². The first kappa shape index (κ1) is 48.8. The van der Waals surface area contributed by atoms with Crippen molar-refractivity contribution in [1.29, 1.82) is 0 Å². The lowest BCUT2D eigenvalue weighted by Gasteiger charge is -2.38. The average molecular weight is 859 g/mol. The van der Waals surface area contributed by atoms with Crippen LogP contribution in [0.5, 0.6) is 0 Å². The predicted octanol–water partition coefficient (Wildman–Crippen LogP) is 7.67. The highest BCUT2D eigenvalue weighted by Gasteiger charge is 2.42. The molecule has 7 atom stereocenters. The monoisotopic (exact) mass is 858 g/mol. The van der Waals surface area contributed by atoms with Crippen LogP contribution in [0.25, 0.3) is 6.08 Å². The zero-order chi connectivity index (χ0) is 45.3. The molecular formula is C47H58N2O13. The summed E-state index contributed by atoms with van der Waals surface area (Å²) in [5.41, 5.74) is -1.96. The number of esters is 3. The molecule has 0 amide bonds. The Morgan fingerprint density at radius 1 is 0.806 bits per heavy atom. The van der Waals surface area contributed by atoms with Gasteiger partial charge in [0.2, 0.25) is 5.89 Å². The highest BCUT2D eigenvalue weighted by Crippen LogP contribution is 2.35. The number of epoxide rings is 1. The second-order valence-corrected chi connectivity index (χ2v) is 15.8. The number of aliphatic hydroxyl groups is 1. The molecule has 4 rings (SSSR count). The number of aliphatic carboxylic acids is 1. The van der Waals surface area contributed by atoms with Crippen molar-refractivity contribution in [2.24, 2.45) is 10.8 Å². The number of nitrogens with zero attached hydrogens (tertiary/aromatic N) is 2. The number of oxazole rings is 2. The first-order valence-corrected chi connectivity index (χ1v) is 20.5. The molecular weight excluding hydrogens is 801 g/mol. The third kappa shape index (κ3) is 14.6. The second kappa shape index (κ2) is 23.4. The van der Waals surface area contributed by atoms with Gasteiger partial charge in [-0.2, -0.15) is 0 Å². The maximum atomic E-state index is 13.5. The van der Waals surface area contributed by atoms with E-state index in [2.05, 4.69) is 9.97 Å². The third-order valence-electron chi connectivity index (χ3n) is 10.4. The van der Waals surface area contributed by atoms with E-state index in [1.165, 1.54) is 19.6 Å². The van der Waals surface area contributed by atoms with E-state index >= 15 is 0 Å². The molecule has 334 valence electrons. The summed E-state index contributed by atoms with van der Waals surface area (Å²) in [5.74, 6) is -2.87. The van der Waals surface area contributed by atoms with E-state index in [9.17, 15) is 24.3 Å². The van der Waals surface area contributed by atoms with Crippen molar-refractivity contribution >= 4 is 30.0 Å². The molecule has 2 aliphatic rings. The van der Waals surface area contributed by atoms with Gasteiger partial charge >= 0.3 is 23.9 Å². The van der Waals surface area contributed by atoms with Crippen LogP contribution in [0.1, 0.15) is 100.0 Å². The largest absolute Gasteiger partial charge is 0.481 e. The normalized spacial score (nSPS) is 23.1. The SMILES string of the molecule is CC=C[C@H](OC(=O)CCC(=O)O)C(C)(C)[C@@H]1CC=CC=CC=C[C@H](OC)Cc2nc(co2)C(=O)O[C@H](C(C)(C)[C@@H](O)C=CC)CC=C[C@H]2O[C@H]2C=CC=Cc2nc(co2)C(=O)O1. The van der Waals surface area contributed by atoms with E-state index in [1.54, 1.807) is 107 Å². The Kier molecular flexibility index (Phi) is 18.4. The first-order valence-electron chi connectivity index (χ1n) is 20.5. The number of hydrogen-bond acceptors (Lipinski definition) is 14. The molecule has 2 aromatic heterocycles. The molecule has 62 heavy (non-hydrogen) atoms. The number of ether oxygens (including phenoxy) is 5. The lowest BCUT2D eigenvalue weighted by Crippen LogP contribution is -2.44. The number of carbonyl (C=O) groups is 4. The van der Waals surface area contributed by atoms with Crippen LogP contribution < -0.4 is 0 Å². The van der Waals surface area contributed by atoms with Gasteiger partial charge in [-0.15, -0.1) is 0 Å². The summed E-state index contributed by atoms with van der Waals surface area (Å²) in [5, 5.41) is 20.0. The number of hydrogen-bond donors (Lipinski definition) is 2. The molecule has 4 bridgehead atoms. The van der Waals surface area contributed by atoms with Crippen LogP contribution in [0.4, 0.5) is 0 Å². The Bertz CT molecular complexity index is 2060. The highest BCUT2D eigenvalue weighted by atomic mass is 16.6.